The number of nitrogens with one attached hydrogen (secondary N) is 1. The molecule has 0 atom stereocenters. The second-order valence-corrected chi connectivity index (χ2v) is 6.90. The monoisotopic (exact) mass is 360 g/mol. The van der Waals surface area contributed by atoms with E-state index in [1.54, 1.807) is 0 Å². The SMILES string of the molecule is CCOc1ccccc1NC(=O)C1CCC(C(=O)N2CCOCC2)CC1. The number of hydrogen-bond donors (Lipinski definition) is 1. The maximum Gasteiger partial charge on any atom is 0.227 e. The molecule has 0 spiro atoms. The average molecular weight is 360 g/mol. The van der Waals surface area contributed by atoms with Gasteiger partial charge in [-0.25, -0.2) is 0 Å². The van der Waals surface area contributed by atoms with Crippen LogP contribution in [0.25, 0.3) is 0 Å². The van der Waals surface area contributed by atoms with Crippen LogP contribution in [-0.4, -0.2) is 49.6 Å². The predicted molar refractivity (Wildman–Crippen MR) is 99.1 cm³/mol. The van der Waals surface area contributed by atoms with Crippen molar-refractivity contribution in [2.75, 3.05) is 38.2 Å². The van der Waals surface area contributed by atoms with Crippen LogP contribution in [0.1, 0.15) is 32.6 Å². The normalized spacial score (nSPS) is 23.3. The van der Waals surface area contributed by atoms with Crippen molar-refractivity contribution in [3.8, 4) is 5.75 Å². The molecule has 6 heteroatoms. The highest BCUT2D eigenvalue weighted by atomic mass is 16.5. The molecule has 2 aliphatic rings. The molecule has 0 bridgehead atoms. The van der Waals surface area contributed by atoms with Crippen molar-refractivity contribution in [1.29, 1.82) is 0 Å². The van der Waals surface area contributed by atoms with Gasteiger partial charge in [-0.15, -0.1) is 0 Å². The number of hydrogen-bond acceptors (Lipinski definition) is 4. The molecule has 1 saturated carbocycles. The summed E-state index contributed by atoms with van der Waals surface area (Å²) in [4.78, 5) is 27.1. The third-order valence-electron chi connectivity index (χ3n) is 5.21. The van der Waals surface area contributed by atoms with E-state index in [1.165, 1.54) is 0 Å². The molecule has 2 fully saturated rings. The van der Waals surface area contributed by atoms with Gasteiger partial charge in [-0.2, -0.15) is 0 Å². The summed E-state index contributed by atoms with van der Waals surface area (Å²) in [5.41, 5.74) is 0.714. The van der Waals surface area contributed by atoms with Gasteiger partial charge in [-0.1, -0.05) is 12.1 Å². The van der Waals surface area contributed by atoms with Crippen molar-refractivity contribution in [3.63, 3.8) is 0 Å². The molecule has 1 N–H and O–H groups in total. The molecule has 26 heavy (non-hydrogen) atoms. The summed E-state index contributed by atoms with van der Waals surface area (Å²) in [5, 5.41) is 3.00. The molecule has 3 rings (SSSR count). The van der Waals surface area contributed by atoms with E-state index in [9.17, 15) is 9.59 Å². The fourth-order valence-corrected chi connectivity index (χ4v) is 3.73. The summed E-state index contributed by atoms with van der Waals surface area (Å²) in [5.74, 6) is 0.953. The summed E-state index contributed by atoms with van der Waals surface area (Å²) >= 11 is 0. The summed E-state index contributed by atoms with van der Waals surface area (Å²) in [6, 6.07) is 7.49. The summed E-state index contributed by atoms with van der Waals surface area (Å²) < 4.78 is 10.9. The Labute approximate surface area is 154 Å². The minimum Gasteiger partial charge on any atom is -0.492 e. The molecule has 1 aliphatic heterocycles. The molecular formula is C20H28N2O4. The minimum absolute atomic E-state index is 0.0226. The summed E-state index contributed by atoms with van der Waals surface area (Å²) in [6.45, 7) is 5.11. The molecule has 6 nitrogen and oxygen atoms in total. The van der Waals surface area contributed by atoms with Crippen molar-refractivity contribution in [2.24, 2.45) is 11.8 Å². The average Bonchev–Trinajstić information content (AvgIpc) is 2.70. The van der Waals surface area contributed by atoms with Crippen LogP contribution in [-0.2, 0) is 14.3 Å². The second-order valence-electron chi connectivity index (χ2n) is 6.90. The van der Waals surface area contributed by atoms with Crippen molar-refractivity contribution < 1.29 is 19.1 Å². The molecule has 1 heterocycles. The third kappa shape index (κ3) is 4.55. The van der Waals surface area contributed by atoms with E-state index in [2.05, 4.69) is 5.32 Å². The van der Waals surface area contributed by atoms with Gasteiger partial charge in [0.2, 0.25) is 11.8 Å². The lowest BCUT2D eigenvalue weighted by Crippen LogP contribution is -2.44. The number of para-hydroxylation sites is 2. The first-order chi connectivity index (χ1) is 12.7. The van der Waals surface area contributed by atoms with Gasteiger partial charge >= 0.3 is 0 Å². The zero-order valence-electron chi connectivity index (χ0n) is 15.4. The maximum absolute atomic E-state index is 12.6. The van der Waals surface area contributed by atoms with Gasteiger partial charge < -0.3 is 19.7 Å². The fourth-order valence-electron chi connectivity index (χ4n) is 3.73. The Hall–Kier alpha value is -2.08. The number of anilines is 1. The number of benzene rings is 1. The van der Waals surface area contributed by atoms with Gasteiger partial charge in [0, 0.05) is 24.9 Å². The summed E-state index contributed by atoms with van der Waals surface area (Å²) in [6.07, 6.45) is 3.07. The van der Waals surface area contributed by atoms with Crippen LogP contribution in [0.15, 0.2) is 24.3 Å². The van der Waals surface area contributed by atoms with Crippen molar-refractivity contribution in [3.05, 3.63) is 24.3 Å². The molecule has 1 aliphatic carbocycles. The van der Waals surface area contributed by atoms with Gasteiger partial charge in [0.15, 0.2) is 0 Å². The van der Waals surface area contributed by atoms with Crippen molar-refractivity contribution in [2.45, 2.75) is 32.6 Å². The molecule has 1 aromatic carbocycles. The standard InChI is InChI=1S/C20H28N2O4/c1-2-26-18-6-4-3-5-17(18)21-19(23)15-7-9-16(10-8-15)20(24)22-11-13-25-14-12-22/h3-6,15-16H,2,7-14H2,1H3,(H,21,23). The lowest BCUT2D eigenvalue weighted by Gasteiger charge is -2.33. The number of morpholine rings is 1. The maximum atomic E-state index is 12.6. The highest BCUT2D eigenvalue weighted by molar-refractivity contribution is 5.94. The molecule has 142 valence electrons. The van der Waals surface area contributed by atoms with Crippen molar-refractivity contribution >= 4 is 17.5 Å². The van der Waals surface area contributed by atoms with Crippen LogP contribution in [0.5, 0.6) is 5.75 Å². The van der Waals surface area contributed by atoms with Crippen LogP contribution in [0.3, 0.4) is 0 Å². The smallest absolute Gasteiger partial charge is 0.227 e. The molecule has 1 aromatic rings. The van der Waals surface area contributed by atoms with Gasteiger partial charge in [-0.05, 0) is 44.7 Å². The highest BCUT2D eigenvalue weighted by Crippen LogP contribution is 2.32. The molecule has 0 radical (unpaired) electrons. The van der Waals surface area contributed by atoms with E-state index in [4.69, 9.17) is 9.47 Å². The number of carbonyl (C=O) groups excluding carboxylic acids is 2. The van der Waals surface area contributed by atoms with Gasteiger partial charge in [0.05, 0.1) is 25.5 Å². The number of rotatable bonds is 5. The first-order valence-electron chi connectivity index (χ1n) is 9.58. The zero-order valence-corrected chi connectivity index (χ0v) is 15.4. The highest BCUT2D eigenvalue weighted by Gasteiger charge is 2.32. The Bertz CT molecular complexity index is 620. The van der Waals surface area contributed by atoms with E-state index in [0.717, 1.165) is 25.7 Å². The second kappa shape index (κ2) is 9.03. The zero-order chi connectivity index (χ0) is 18.4. The van der Waals surface area contributed by atoms with E-state index < -0.39 is 0 Å². The number of ether oxygens (including phenoxy) is 2. The molecule has 0 aromatic heterocycles. The number of nitrogens with zero attached hydrogens (tertiary/aromatic N) is 1. The Kier molecular flexibility index (Phi) is 6.50. The topological polar surface area (TPSA) is 67.9 Å². The molecular weight excluding hydrogens is 332 g/mol. The Morgan fingerprint density at radius 1 is 1.12 bits per heavy atom. The molecule has 0 unspecified atom stereocenters. The predicted octanol–water partition coefficient (Wildman–Crippen LogP) is 2.69. The van der Waals surface area contributed by atoms with Gasteiger partial charge in [0.25, 0.3) is 0 Å². The molecule has 1 saturated heterocycles. The van der Waals surface area contributed by atoms with E-state index in [1.807, 2.05) is 36.1 Å². The van der Waals surface area contributed by atoms with E-state index in [0.29, 0.717) is 44.3 Å². The largest absolute Gasteiger partial charge is 0.492 e. The van der Waals surface area contributed by atoms with Gasteiger partial charge in [0.1, 0.15) is 5.75 Å². The Morgan fingerprint density at radius 2 is 1.77 bits per heavy atom. The lowest BCUT2D eigenvalue weighted by molar-refractivity contribution is -0.141. The van der Waals surface area contributed by atoms with Crippen molar-refractivity contribution in [1.82, 2.24) is 4.90 Å². The fraction of sp³-hybridized carbons (Fsp3) is 0.600. The summed E-state index contributed by atoms with van der Waals surface area (Å²) in [7, 11) is 0. The number of amides is 2. The van der Waals surface area contributed by atoms with Gasteiger partial charge in [-0.3, -0.25) is 9.59 Å². The van der Waals surface area contributed by atoms with Crippen LogP contribution < -0.4 is 10.1 Å². The van der Waals surface area contributed by atoms with Crippen LogP contribution in [0.4, 0.5) is 5.69 Å². The van der Waals surface area contributed by atoms with Crippen LogP contribution in [0.2, 0.25) is 0 Å². The Morgan fingerprint density at radius 3 is 2.46 bits per heavy atom. The minimum atomic E-state index is -0.0431. The quantitative estimate of drug-likeness (QED) is 0.877. The molecule has 2 amide bonds. The van der Waals surface area contributed by atoms with Crippen LogP contribution in [0, 0.1) is 11.8 Å². The Balaban J connectivity index is 1.51. The number of carbonyl (C=O) groups is 2. The lowest BCUT2D eigenvalue weighted by atomic mass is 9.81. The third-order valence-corrected chi connectivity index (χ3v) is 5.21. The first-order valence-corrected chi connectivity index (χ1v) is 9.58. The van der Waals surface area contributed by atoms with E-state index in [-0.39, 0.29) is 23.7 Å². The van der Waals surface area contributed by atoms with Crippen LogP contribution >= 0.6 is 0 Å². The van der Waals surface area contributed by atoms with E-state index >= 15 is 0 Å². The first kappa shape index (κ1) is 18.7.